The van der Waals surface area contributed by atoms with Gasteiger partial charge in [0.05, 0.1) is 13.5 Å². The molecule has 2 nitrogen and oxygen atoms in total. The predicted octanol–water partition coefficient (Wildman–Crippen LogP) is 1.91. The molecule has 0 aromatic rings. The zero-order valence-electron chi connectivity index (χ0n) is 7.38. The molecule has 1 fully saturated rings. The van der Waals surface area contributed by atoms with E-state index in [1.54, 1.807) is 0 Å². The third kappa shape index (κ3) is 1.26. The van der Waals surface area contributed by atoms with Gasteiger partial charge in [-0.3, -0.25) is 4.79 Å². The molecule has 0 bridgehead atoms. The first kappa shape index (κ1) is 7.84. The molecule has 0 aliphatic heterocycles. The van der Waals surface area contributed by atoms with Crippen molar-refractivity contribution in [3.63, 3.8) is 0 Å². The fraction of sp³-hybridized carbons (Fsp3) is 0.700. The fourth-order valence-corrected chi connectivity index (χ4v) is 2.16. The molecule has 0 saturated heterocycles. The summed E-state index contributed by atoms with van der Waals surface area (Å²) in [5.74, 6) is 1.57. The van der Waals surface area contributed by atoms with Crippen molar-refractivity contribution >= 4 is 5.97 Å². The Morgan fingerprint density at radius 2 is 2.50 bits per heavy atom. The van der Waals surface area contributed by atoms with Crippen LogP contribution in [0.5, 0.6) is 0 Å². The van der Waals surface area contributed by atoms with Crippen LogP contribution >= 0.6 is 0 Å². The van der Waals surface area contributed by atoms with Crippen LogP contribution in [0.25, 0.3) is 0 Å². The Morgan fingerprint density at radius 3 is 2.92 bits per heavy atom. The van der Waals surface area contributed by atoms with Crippen LogP contribution in [-0.4, -0.2) is 13.1 Å². The normalized spacial score (nSPS) is 31.9. The number of ether oxygens (including phenoxy) is 1. The molecule has 0 spiro atoms. The second kappa shape index (κ2) is 2.92. The Labute approximate surface area is 72.6 Å². The number of hydrogen-bond donors (Lipinski definition) is 0. The summed E-state index contributed by atoms with van der Waals surface area (Å²) >= 11 is 0. The Balaban J connectivity index is 1.89. The fourth-order valence-electron chi connectivity index (χ4n) is 2.16. The SMILES string of the molecule is COC(=O)CC1=C[C@@H]2CC[C@@H]2C1. The van der Waals surface area contributed by atoms with Crippen molar-refractivity contribution in [2.75, 3.05) is 7.11 Å². The molecule has 2 rings (SSSR count). The second-order valence-electron chi connectivity index (χ2n) is 3.78. The van der Waals surface area contributed by atoms with Crippen molar-refractivity contribution in [1.82, 2.24) is 0 Å². The number of hydrogen-bond acceptors (Lipinski definition) is 2. The highest BCUT2D eigenvalue weighted by Crippen LogP contribution is 2.46. The lowest BCUT2D eigenvalue weighted by Crippen LogP contribution is -2.19. The first-order valence-corrected chi connectivity index (χ1v) is 4.56. The lowest BCUT2D eigenvalue weighted by Gasteiger charge is -2.29. The van der Waals surface area contributed by atoms with E-state index in [4.69, 9.17) is 0 Å². The van der Waals surface area contributed by atoms with E-state index in [2.05, 4.69) is 10.8 Å². The van der Waals surface area contributed by atoms with Crippen LogP contribution < -0.4 is 0 Å². The van der Waals surface area contributed by atoms with E-state index in [0.29, 0.717) is 6.42 Å². The zero-order chi connectivity index (χ0) is 8.55. The molecule has 0 aromatic carbocycles. The third-order valence-electron chi connectivity index (χ3n) is 3.05. The average molecular weight is 166 g/mol. The predicted molar refractivity (Wildman–Crippen MR) is 45.5 cm³/mol. The molecule has 2 heteroatoms. The number of fused-ring (bicyclic) bond motifs is 1. The highest BCUT2D eigenvalue weighted by Gasteiger charge is 2.34. The van der Waals surface area contributed by atoms with Crippen LogP contribution in [0.2, 0.25) is 0 Å². The summed E-state index contributed by atoms with van der Waals surface area (Å²) in [5, 5.41) is 0. The van der Waals surface area contributed by atoms with E-state index < -0.39 is 0 Å². The van der Waals surface area contributed by atoms with Gasteiger partial charge in [0.1, 0.15) is 0 Å². The van der Waals surface area contributed by atoms with Crippen molar-refractivity contribution in [3.05, 3.63) is 11.6 Å². The summed E-state index contributed by atoms with van der Waals surface area (Å²) in [6, 6.07) is 0. The van der Waals surface area contributed by atoms with Crippen LogP contribution in [0.15, 0.2) is 11.6 Å². The standard InChI is InChI=1S/C10H14O2/c1-12-10(11)6-7-4-8-2-3-9(8)5-7/h4,8-9H,2-3,5-6H2,1H3/t8-,9+/m0/s1. The molecule has 0 amide bonds. The van der Waals surface area contributed by atoms with E-state index in [-0.39, 0.29) is 5.97 Å². The minimum atomic E-state index is -0.0949. The van der Waals surface area contributed by atoms with Crippen molar-refractivity contribution in [3.8, 4) is 0 Å². The summed E-state index contributed by atoms with van der Waals surface area (Å²) in [4.78, 5) is 10.9. The monoisotopic (exact) mass is 166 g/mol. The molecular formula is C10H14O2. The van der Waals surface area contributed by atoms with E-state index in [1.807, 2.05) is 0 Å². The van der Waals surface area contributed by atoms with Crippen LogP contribution in [0.4, 0.5) is 0 Å². The highest BCUT2D eigenvalue weighted by molar-refractivity contribution is 5.72. The molecule has 0 aromatic heterocycles. The smallest absolute Gasteiger partial charge is 0.309 e. The molecule has 2 aliphatic carbocycles. The molecule has 0 heterocycles. The summed E-state index contributed by atoms with van der Waals surface area (Å²) in [6.45, 7) is 0. The maximum Gasteiger partial charge on any atom is 0.309 e. The van der Waals surface area contributed by atoms with E-state index >= 15 is 0 Å². The Kier molecular flexibility index (Phi) is 1.91. The molecule has 2 aliphatic rings. The van der Waals surface area contributed by atoms with Crippen LogP contribution in [0.3, 0.4) is 0 Å². The van der Waals surface area contributed by atoms with E-state index in [1.165, 1.54) is 25.5 Å². The van der Waals surface area contributed by atoms with Gasteiger partial charge in [0.25, 0.3) is 0 Å². The number of allylic oxidation sites excluding steroid dienone is 1. The number of methoxy groups -OCH3 is 1. The highest BCUT2D eigenvalue weighted by atomic mass is 16.5. The molecule has 0 unspecified atom stereocenters. The average Bonchev–Trinajstić information content (AvgIpc) is 2.30. The molecule has 1 saturated carbocycles. The maximum absolute atomic E-state index is 10.9. The largest absolute Gasteiger partial charge is 0.469 e. The molecule has 0 N–H and O–H groups in total. The summed E-state index contributed by atoms with van der Waals surface area (Å²) < 4.78 is 4.62. The van der Waals surface area contributed by atoms with Crippen LogP contribution in [0, 0.1) is 11.8 Å². The van der Waals surface area contributed by atoms with Crippen LogP contribution in [0.1, 0.15) is 25.7 Å². The van der Waals surface area contributed by atoms with Gasteiger partial charge >= 0.3 is 5.97 Å². The number of rotatable bonds is 2. The van der Waals surface area contributed by atoms with Gasteiger partial charge in [0, 0.05) is 0 Å². The number of carbonyl (C=O) groups is 1. The lowest BCUT2D eigenvalue weighted by molar-refractivity contribution is -0.139. The van der Waals surface area contributed by atoms with Gasteiger partial charge in [-0.15, -0.1) is 0 Å². The van der Waals surface area contributed by atoms with Gasteiger partial charge < -0.3 is 4.74 Å². The Hall–Kier alpha value is -0.790. The van der Waals surface area contributed by atoms with Gasteiger partial charge in [-0.1, -0.05) is 11.6 Å². The minimum Gasteiger partial charge on any atom is -0.469 e. The Bertz CT molecular complexity index is 230. The molecular weight excluding hydrogens is 152 g/mol. The topological polar surface area (TPSA) is 26.3 Å². The third-order valence-corrected chi connectivity index (χ3v) is 3.05. The number of carbonyl (C=O) groups excluding carboxylic acids is 1. The zero-order valence-corrected chi connectivity index (χ0v) is 7.38. The van der Waals surface area contributed by atoms with Gasteiger partial charge in [0.2, 0.25) is 0 Å². The Morgan fingerprint density at radius 1 is 1.67 bits per heavy atom. The van der Waals surface area contributed by atoms with Crippen molar-refractivity contribution in [1.29, 1.82) is 0 Å². The molecule has 12 heavy (non-hydrogen) atoms. The van der Waals surface area contributed by atoms with Gasteiger partial charge in [0.15, 0.2) is 0 Å². The minimum absolute atomic E-state index is 0.0949. The van der Waals surface area contributed by atoms with Gasteiger partial charge in [-0.2, -0.15) is 0 Å². The van der Waals surface area contributed by atoms with Crippen LogP contribution in [-0.2, 0) is 9.53 Å². The quantitative estimate of drug-likeness (QED) is 0.462. The number of esters is 1. The summed E-state index contributed by atoms with van der Waals surface area (Å²) in [5.41, 5.74) is 1.30. The first-order valence-electron chi connectivity index (χ1n) is 4.56. The molecule has 0 radical (unpaired) electrons. The lowest BCUT2D eigenvalue weighted by atomic mass is 9.76. The van der Waals surface area contributed by atoms with E-state index in [0.717, 1.165) is 18.3 Å². The van der Waals surface area contributed by atoms with Crippen molar-refractivity contribution in [2.24, 2.45) is 11.8 Å². The summed E-state index contributed by atoms with van der Waals surface area (Å²) in [7, 11) is 1.45. The van der Waals surface area contributed by atoms with Crippen molar-refractivity contribution < 1.29 is 9.53 Å². The molecule has 66 valence electrons. The second-order valence-corrected chi connectivity index (χ2v) is 3.78. The molecule has 2 atom stereocenters. The van der Waals surface area contributed by atoms with Crippen molar-refractivity contribution in [2.45, 2.75) is 25.7 Å². The maximum atomic E-state index is 10.9. The first-order chi connectivity index (χ1) is 5.79. The van der Waals surface area contributed by atoms with Gasteiger partial charge in [-0.05, 0) is 31.1 Å². The van der Waals surface area contributed by atoms with E-state index in [9.17, 15) is 4.79 Å². The van der Waals surface area contributed by atoms with Gasteiger partial charge in [-0.25, -0.2) is 0 Å². The summed E-state index contributed by atoms with van der Waals surface area (Å²) in [6.07, 6.45) is 6.62.